The van der Waals surface area contributed by atoms with Gasteiger partial charge in [0.25, 0.3) is 21.8 Å². The van der Waals surface area contributed by atoms with Crippen LogP contribution in [0.3, 0.4) is 0 Å². The Labute approximate surface area is 147 Å². The summed E-state index contributed by atoms with van der Waals surface area (Å²) in [5.74, 6) is -0.264. The van der Waals surface area contributed by atoms with Crippen LogP contribution < -0.4 is 5.73 Å². The zero-order valence-corrected chi connectivity index (χ0v) is 15.3. The van der Waals surface area contributed by atoms with Crippen LogP contribution in [0.1, 0.15) is 47.4 Å². The number of sulfonamides is 1. The highest BCUT2D eigenvalue weighted by Gasteiger charge is 2.41. The van der Waals surface area contributed by atoms with Gasteiger partial charge in [0.15, 0.2) is 0 Å². The highest BCUT2D eigenvalue weighted by atomic mass is 32.2. The Morgan fingerprint density at radius 3 is 2.72 bits per heavy atom. The summed E-state index contributed by atoms with van der Waals surface area (Å²) in [7, 11) is -3.87. The van der Waals surface area contributed by atoms with E-state index < -0.39 is 15.9 Å². The van der Waals surface area contributed by atoms with Gasteiger partial charge in [0.05, 0.1) is 5.56 Å². The molecule has 1 saturated heterocycles. The van der Waals surface area contributed by atoms with Gasteiger partial charge < -0.3 is 10.6 Å². The van der Waals surface area contributed by atoms with Crippen LogP contribution in [-0.2, 0) is 10.0 Å². The second kappa shape index (κ2) is 6.42. The molecule has 0 spiro atoms. The fourth-order valence-corrected chi connectivity index (χ4v) is 5.23. The molecule has 0 saturated carbocycles. The third kappa shape index (κ3) is 2.83. The van der Waals surface area contributed by atoms with Crippen molar-refractivity contribution in [2.45, 2.75) is 37.6 Å². The van der Waals surface area contributed by atoms with Gasteiger partial charge in [0.1, 0.15) is 4.90 Å². The number of hydrogen-bond donors (Lipinski definition) is 1. The molecule has 0 aromatic heterocycles. The number of nitrogens with two attached hydrogens (primary N) is 1. The predicted octanol–water partition coefficient (Wildman–Crippen LogP) is 1.05. The van der Waals surface area contributed by atoms with E-state index in [0.29, 0.717) is 19.0 Å². The minimum absolute atomic E-state index is 0.0464. The topological polar surface area (TPSA) is 101 Å². The number of hydrogen-bond acceptors (Lipinski definition) is 5. The Kier molecular flexibility index (Phi) is 4.59. The van der Waals surface area contributed by atoms with Crippen LogP contribution in [0.2, 0.25) is 0 Å². The Hall–Kier alpha value is -1.93. The Balaban J connectivity index is 1.96. The Morgan fingerprint density at radius 1 is 1.36 bits per heavy atom. The van der Waals surface area contributed by atoms with Crippen LogP contribution in [0.15, 0.2) is 23.1 Å². The summed E-state index contributed by atoms with van der Waals surface area (Å²) >= 11 is 0. The van der Waals surface area contributed by atoms with E-state index in [1.54, 1.807) is 11.8 Å². The summed E-state index contributed by atoms with van der Waals surface area (Å²) in [5.41, 5.74) is 6.22. The molecule has 8 heteroatoms. The van der Waals surface area contributed by atoms with Crippen LogP contribution in [0, 0.1) is 5.92 Å². The van der Waals surface area contributed by atoms with E-state index in [-0.39, 0.29) is 34.5 Å². The molecule has 3 rings (SSSR count). The highest BCUT2D eigenvalue weighted by molar-refractivity contribution is 7.90. The summed E-state index contributed by atoms with van der Waals surface area (Å²) in [4.78, 5) is 26.7. The molecule has 1 fully saturated rings. The number of benzene rings is 1. The third-order valence-corrected chi connectivity index (χ3v) is 6.95. The molecule has 0 radical (unpaired) electrons. The predicted molar refractivity (Wildman–Crippen MR) is 92.6 cm³/mol. The number of piperidine rings is 1. The van der Waals surface area contributed by atoms with Crippen molar-refractivity contribution >= 4 is 21.8 Å². The van der Waals surface area contributed by atoms with Gasteiger partial charge in [-0.1, -0.05) is 6.92 Å². The molecule has 7 nitrogen and oxygen atoms in total. The van der Waals surface area contributed by atoms with Crippen molar-refractivity contribution in [3.63, 3.8) is 0 Å². The van der Waals surface area contributed by atoms with Crippen molar-refractivity contribution in [1.82, 2.24) is 9.21 Å². The SMILES string of the molecule is CCN1C(=O)c2ccc(C(=O)N3CCC(C)CC3CN)cc2S1(=O)=O. The number of carbonyl (C=O) groups excluding carboxylic acids is 2. The first-order chi connectivity index (χ1) is 11.8. The lowest BCUT2D eigenvalue weighted by Gasteiger charge is -2.38. The first kappa shape index (κ1) is 17.9. The minimum Gasteiger partial charge on any atom is -0.334 e. The van der Waals surface area contributed by atoms with E-state index in [0.717, 1.165) is 17.1 Å². The van der Waals surface area contributed by atoms with Gasteiger partial charge in [-0.25, -0.2) is 12.7 Å². The maximum atomic E-state index is 12.9. The minimum atomic E-state index is -3.87. The lowest BCUT2D eigenvalue weighted by molar-refractivity contribution is 0.0573. The monoisotopic (exact) mass is 365 g/mol. The number of amides is 2. The first-order valence-corrected chi connectivity index (χ1v) is 9.97. The van der Waals surface area contributed by atoms with Crippen LogP contribution in [0.25, 0.3) is 0 Å². The lowest BCUT2D eigenvalue weighted by atomic mass is 9.92. The van der Waals surface area contributed by atoms with E-state index in [4.69, 9.17) is 5.73 Å². The second-order valence-corrected chi connectivity index (χ2v) is 8.53. The summed E-state index contributed by atoms with van der Waals surface area (Å²) in [6.45, 7) is 4.79. The zero-order valence-electron chi connectivity index (χ0n) is 14.4. The number of likely N-dealkylation sites (tertiary alicyclic amines) is 1. The van der Waals surface area contributed by atoms with E-state index >= 15 is 0 Å². The fourth-order valence-electron chi connectivity index (χ4n) is 3.63. The molecule has 136 valence electrons. The highest BCUT2D eigenvalue weighted by Crippen LogP contribution is 2.32. The molecular weight excluding hydrogens is 342 g/mol. The van der Waals surface area contributed by atoms with Crippen molar-refractivity contribution in [3.05, 3.63) is 29.3 Å². The number of carbonyl (C=O) groups is 2. The van der Waals surface area contributed by atoms with Crippen LogP contribution in [-0.4, -0.2) is 55.1 Å². The summed E-state index contributed by atoms with van der Waals surface area (Å²) in [5, 5.41) is 0. The fraction of sp³-hybridized carbons (Fsp3) is 0.529. The smallest absolute Gasteiger partial charge is 0.268 e. The van der Waals surface area contributed by atoms with Gasteiger partial charge in [-0.05, 0) is 43.9 Å². The zero-order chi connectivity index (χ0) is 18.4. The molecular formula is C17H23N3O4S. The largest absolute Gasteiger partial charge is 0.334 e. The van der Waals surface area contributed by atoms with Crippen molar-refractivity contribution < 1.29 is 18.0 Å². The van der Waals surface area contributed by atoms with Crippen molar-refractivity contribution in [2.24, 2.45) is 11.7 Å². The quantitative estimate of drug-likeness (QED) is 0.863. The van der Waals surface area contributed by atoms with Gasteiger partial charge in [-0.15, -0.1) is 0 Å². The molecule has 2 N–H and O–H groups in total. The summed E-state index contributed by atoms with van der Waals surface area (Å²) < 4.78 is 25.8. The molecule has 0 aliphatic carbocycles. The third-order valence-electron chi connectivity index (χ3n) is 5.05. The van der Waals surface area contributed by atoms with Crippen LogP contribution >= 0.6 is 0 Å². The molecule has 2 aliphatic rings. The summed E-state index contributed by atoms with van der Waals surface area (Å²) in [6.07, 6.45) is 1.74. The van der Waals surface area contributed by atoms with Gasteiger partial charge >= 0.3 is 0 Å². The van der Waals surface area contributed by atoms with Gasteiger partial charge in [0, 0.05) is 31.2 Å². The van der Waals surface area contributed by atoms with Gasteiger partial charge in [0.2, 0.25) is 0 Å². The maximum absolute atomic E-state index is 12.9. The van der Waals surface area contributed by atoms with Crippen LogP contribution in [0.5, 0.6) is 0 Å². The van der Waals surface area contributed by atoms with E-state index in [1.165, 1.54) is 18.2 Å². The van der Waals surface area contributed by atoms with E-state index in [2.05, 4.69) is 6.92 Å². The average Bonchev–Trinajstić information content (AvgIpc) is 2.79. The standard InChI is InChI=1S/C17H23N3O4S/c1-3-20-17(22)14-5-4-12(9-15(14)25(20,23)24)16(21)19-7-6-11(2)8-13(19)10-18/h4-5,9,11,13H,3,6-8,10,18H2,1-2H3. The Bertz CT molecular complexity index is 821. The van der Waals surface area contributed by atoms with E-state index in [1.807, 2.05) is 0 Å². The molecule has 2 amide bonds. The summed E-state index contributed by atoms with van der Waals surface area (Å²) in [6, 6.07) is 4.24. The molecule has 0 bridgehead atoms. The molecule has 1 aromatic rings. The van der Waals surface area contributed by atoms with Gasteiger partial charge in [-0.2, -0.15) is 0 Å². The molecule has 2 atom stereocenters. The maximum Gasteiger partial charge on any atom is 0.268 e. The molecule has 2 unspecified atom stereocenters. The van der Waals surface area contributed by atoms with Gasteiger partial charge in [-0.3, -0.25) is 9.59 Å². The normalized spacial score (nSPS) is 25.2. The molecule has 1 aromatic carbocycles. The van der Waals surface area contributed by atoms with Crippen molar-refractivity contribution in [1.29, 1.82) is 0 Å². The molecule has 2 heterocycles. The van der Waals surface area contributed by atoms with Crippen molar-refractivity contribution in [3.8, 4) is 0 Å². The number of fused-ring (bicyclic) bond motifs is 1. The van der Waals surface area contributed by atoms with Crippen LogP contribution in [0.4, 0.5) is 0 Å². The first-order valence-electron chi connectivity index (χ1n) is 8.53. The average molecular weight is 365 g/mol. The molecule has 2 aliphatic heterocycles. The lowest BCUT2D eigenvalue weighted by Crippen LogP contribution is -2.49. The Morgan fingerprint density at radius 2 is 2.08 bits per heavy atom. The second-order valence-electron chi connectivity index (χ2n) is 6.70. The molecule has 25 heavy (non-hydrogen) atoms. The number of rotatable bonds is 3. The van der Waals surface area contributed by atoms with Crippen molar-refractivity contribution in [2.75, 3.05) is 19.6 Å². The van der Waals surface area contributed by atoms with E-state index in [9.17, 15) is 18.0 Å². The number of nitrogens with zero attached hydrogens (tertiary/aromatic N) is 2.